The SMILES string of the molecule is Cc1cc(C(O)C(C)[NH2+]CCC(=O)C2CCCCC2)ccc1O.[Cl-]. The summed E-state index contributed by atoms with van der Waals surface area (Å²) in [5, 5.41) is 22.0. The lowest BCUT2D eigenvalue weighted by Gasteiger charge is -2.21. The lowest BCUT2D eigenvalue weighted by molar-refractivity contribution is -0.693. The van der Waals surface area contributed by atoms with Gasteiger partial charge in [-0.1, -0.05) is 25.3 Å². The van der Waals surface area contributed by atoms with E-state index in [1.807, 2.05) is 25.2 Å². The van der Waals surface area contributed by atoms with Gasteiger partial charge in [0.2, 0.25) is 0 Å². The Kier molecular flexibility index (Phi) is 8.74. The molecular formula is C19H30ClNO3. The minimum absolute atomic E-state index is 0. The fourth-order valence-electron chi connectivity index (χ4n) is 3.41. The molecule has 0 amide bonds. The summed E-state index contributed by atoms with van der Waals surface area (Å²) in [7, 11) is 0. The third-order valence-electron chi connectivity index (χ3n) is 5.05. The van der Waals surface area contributed by atoms with Crippen molar-refractivity contribution < 1.29 is 32.7 Å². The number of nitrogens with two attached hydrogens (primary N) is 1. The average Bonchev–Trinajstić information content (AvgIpc) is 2.57. The van der Waals surface area contributed by atoms with Gasteiger partial charge in [-0.15, -0.1) is 0 Å². The lowest BCUT2D eigenvalue weighted by Crippen LogP contribution is -3.00. The molecule has 1 aromatic rings. The predicted molar refractivity (Wildman–Crippen MR) is 90.3 cm³/mol. The summed E-state index contributed by atoms with van der Waals surface area (Å²) in [6, 6.07) is 5.17. The number of ketones is 1. The largest absolute Gasteiger partial charge is 1.00 e. The number of halogens is 1. The van der Waals surface area contributed by atoms with Crippen molar-refractivity contribution in [3.63, 3.8) is 0 Å². The van der Waals surface area contributed by atoms with Gasteiger partial charge < -0.3 is 27.9 Å². The molecule has 1 fully saturated rings. The van der Waals surface area contributed by atoms with Crippen LogP contribution in [0.1, 0.15) is 62.7 Å². The van der Waals surface area contributed by atoms with E-state index in [4.69, 9.17) is 0 Å². The molecule has 24 heavy (non-hydrogen) atoms. The highest BCUT2D eigenvalue weighted by atomic mass is 35.5. The third kappa shape index (κ3) is 5.76. The van der Waals surface area contributed by atoms with Gasteiger partial charge in [0.15, 0.2) is 0 Å². The second-order valence-electron chi connectivity index (χ2n) is 6.93. The molecule has 0 bridgehead atoms. The maximum Gasteiger partial charge on any atom is 0.141 e. The van der Waals surface area contributed by atoms with Crippen LogP contribution in [0.5, 0.6) is 5.75 Å². The highest BCUT2D eigenvalue weighted by Gasteiger charge is 2.23. The molecule has 0 saturated heterocycles. The number of phenols is 1. The molecule has 2 rings (SSSR count). The Morgan fingerprint density at radius 2 is 1.96 bits per heavy atom. The van der Waals surface area contributed by atoms with E-state index in [-0.39, 0.29) is 30.1 Å². The Bertz CT molecular complexity index is 529. The average molecular weight is 356 g/mol. The first-order valence-corrected chi connectivity index (χ1v) is 8.82. The number of aromatic hydroxyl groups is 1. The van der Waals surface area contributed by atoms with Crippen molar-refractivity contribution in [1.82, 2.24) is 0 Å². The van der Waals surface area contributed by atoms with Gasteiger partial charge in [0.1, 0.15) is 23.7 Å². The van der Waals surface area contributed by atoms with Crippen LogP contribution in [0.15, 0.2) is 18.2 Å². The van der Waals surface area contributed by atoms with Crippen LogP contribution in [-0.2, 0) is 4.79 Å². The molecule has 5 heteroatoms. The van der Waals surface area contributed by atoms with Crippen LogP contribution in [0, 0.1) is 12.8 Å². The number of phenolic OH excluding ortho intramolecular Hbond substituents is 1. The number of carbonyl (C=O) groups excluding carboxylic acids is 1. The minimum atomic E-state index is -0.598. The van der Waals surface area contributed by atoms with Gasteiger partial charge >= 0.3 is 0 Å². The third-order valence-corrected chi connectivity index (χ3v) is 5.05. The molecule has 1 aliphatic carbocycles. The summed E-state index contributed by atoms with van der Waals surface area (Å²) in [5.74, 6) is 0.913. The maximum atomic E-state index is 12.2. The highest BCUT2D eigenvalue weighted by molar-refractivity contribution is 5.81. The zero-order valence-corrected chi connectivity index (χ0v) is 15.4. The van der Waals surface area contributed by atoms with E-state index >= 15 is 0 Å². The normalized spacial score (nSPS) is 17.8. The number of hydrogen-bond acceptors (Lipinski definition) is 3. The molecule has 2 unspecified atom stereocenters. The van der Waals surface area contributed by atoms with Crippen LogP contribution in [0.2, 0.25) is 0 Å². The summed E-state index contributed by atoms with van der Waals surface area (Å²) in [6.45, 7) is 4.52. The first-order valence-electron chi connectivity index (χ1n) is 8.82. The van der Waals surface area contributed by atoms with E-state index in [1.165, 1.54) is 19.3 Å². The Balaban J connectivity index is 0.00000288. The van der Waals surface area contributed by atoms with Gasteiger partial charge in [0.05, 0.1) is 13.0 Å². The van der Waals surface area contributed by atoms with E-state index in [2.05, 4.69) is 0 Å². The molecule has 1 aliphatic rings. The van der Waals surface area contributed by atoms with Crippen molar-refractivity contribution in [2.24, 2.45) is 5.92 Å². The van der Waals surface area contributed by atoms with Gasteiger partial charge in [-0.2, -0.15) is 0 Å². The molecule has 1 aromatic carbocycles. The second-order valence-corrected chi connectivity index (χ2v) is 6.93. The van der Waals surface area contributed by atoms with Gasteiger partial charge in [-0.25, -0.2) is 0 Å². The van der Waals surface area contributed by atoms with Gasteiger partial charge in [0.25, 0.3) is 0 Å². The lowest BCUT2D eigenvalue weighted by atomic mass is 9.85. The molecule has 4 nitrogen and oxygen atoms in total. The van der Waals surface area contributed by atoms with Crippen LogP contribution in [0.3, 0.4) is 0 Å². The van der Waals surface area contributed by atoms with Crippen LogP contribution < -0.4 is 17.7 Å². The first kappa shape index (κ1) is 20.9. The zero-order chi connectivity index (χ0) is 16.8. The molecule has 2 atom stereocenters. The topological polar surface area (TPSA) is 74.1 Å². The number of benzene rings is 1. The van der Waals surface area contributed by atoms with Crippen LogP contribution in [0.25, 0.3) is 0 Å². The number of carbonyl (C=O) groups is 1. The van der Waals surface area contributed by atoms with E-state index in [0.29, 0.717) is 12.2 Å². The maximum absolute atomic E-state index is 12.2. The predicted octanol–water partition coefficient (Wildman–Crippen LogP) is -0.771. The van der Waals surface area contributed by atoms with Crippen LogP contribution in [0.4, 0.5) is 0 Å². The van der Waals surface area contributed by atoms with Gasteiger partial charge in [-0.05, 0) is 49.9 Å². The monoisotopic (exact) mass is 355 g/mol. The van der Waals surface area contributed by atoms with Gasteiger partial charge in [-0.3, -0.25) is 4.79 Å². The molecule has 0 aromatic heterocycles. The van der Waals surface area contributed by atoms with Crippen LogP contribution >= 0.6 is 0 Å². The Morgan fingerprint density at radius 3 is 2.58 bits per heavy atom. The van der Waals surface area contributed by atoms with E-state index in [9.17, 15) is 15.0 Å². The smallest absolute Gasteiger partial charge is 0.141 e. The number of quaternary nitrogens is 1. The van der Waals surface area contributed by atoms with Crippen molar-refractivity contribution >= 4 is 5.78 Å². The zero-order valence-electron chi connectivity index (χ0n) is 14.7. The summed E-state index contributed by atoms with van der Waals surface area (Å²) in [6.07, 6.45) is 5.76. The van der Waals surface area contributed by atoms with Crippen molar-refractivity contribution in [2.45, 2.75) is 64.5 Å². The second kappa shape index (κ2) is 10.0. The van der Waals surface area contributed by atoms with E-state index < -0.39 is 6.10 Å². The standard InChI is InChI=1S/C19H29NO3.ClH/c1-13-12-16(8-9-17(13)21)19(23)14(2)20-11-10-18(22)15-6-4-3-5-7-15;/h8-9,12,14-15,19-21,23H,3-7,10-11H2,1-2H3;1H. The van der Waals surface area contributed by atoms with Crippen molar-refractivity contribution in [3.8, 4) is 5.75 Å². The molecule has 0 heterocycles. The Labute approximate surface area is 151 Å². The van der Waals surface area contributed by atoms with E-state index in [1.54, 1.807) is 12.1 Å². The fraction of sp³-hybridized carbons (Fsp3) is 0.632. The summed E-state index contributed by atoms with van der Waals surface area (Å²) < 4.78 is 0. The van der Waals surface area contributed by atoms with Crippen LogP contribution in [-0.4, -0.2) is 28.6 Å². The Hall–Kier alpha value is -1.10. The minimum Gasteiger partial charge on any atom is -1.00 e. The Morgan fingerprint density at radius 1 is 1.29 bits per heavy atom. The number of rotatable bonds is 7. The van der Waals surface area contributed by atoms with E-state index in [0.717, 1.165) is 30.5 Å². The number of aliphatic hydroxyl groups excluding tert-OH is 1. The summed E-state index contributed by atoms with van der Waals surface area (Å²) in [5.41, 5.74) is 1.57. The molecule has 1 saturated carbocycles. The molecule has 0 radical (unpaired) electrons. The summed E-state index contributed by atoms with van der Waals surface area (Å²) in [4.78, 5) is 12.2. The molecule has 0 spiro atoms. The van der Waals surface area contributed by atoms with Crippen molar-refractivity contribution in [2.75, 3.05) is 6.54 Å². The number of aliphatic hydroxyl groups is 1. The molecule has 136 valence electrons. The molecule has 4 N–H and O–H groups in total. The number of aryl methyl sites for hydroxylation is 1. The van der Waals surface area contributed by atoms with Crippen molar-refractivity contribution in [1.29, 1.82) is 0 Å². The summed E-state index contributed by atoms with van der Waals surface area (Å²) >= 11 is 0. The fourth-order valence-corrected chi connectivity index (χ4v) is 3.41. The molecule has 0 aliphatic heterocycles. The van der Waals surface area contributed by atoms with Gasteiger partial charge in [0, 0.05) is 5.92 Å². The number of hydrogen-bond donors (Lipinski definition) is 3. The highest BCUT2D eigenvalue weighted by Crippen LogP contribution is 2.25. The molecular weight excluding hydrogens is 326 g/mol. The first-order chi connectivity index (χ1) is 11.0. The number of Topliss-reactive ketones (excluding diaryl/α,β-unsaturated/α-hetero) is 1. The van der Waals surface area contributed by atoms with Crippen molar-refractivity contribution in [3.05, 3.63) is 29.3 Å². The quantitative estimate of drug-likeness (QED) is 0.601.